The quantitative estimate of drug-likeness (QED) is 0.890. The summed E-state index contributed by atoms with van der Waals surface area (Å²) in [5.74, 6) is 2.15. The Hall–Kier alpha value is -1.02. The van der Waals surface area contributed by atoms with Crippen molar-refractivity contribution in [3.8, 4) is 5.75 Å². The summed E-state index contributed by atoms with van der Waals surface area (Å²) in [6.45, 7) is 12.1. The van der Waals surface area contributed by atoms with Crippen LogP contribution >= 0.6 is 0 Å². The second-order valence-electron chi connectivity index (χ2n) is 6.79. The van der Waals surface area contributed by atoms with Crippen LogP contribution in [0.5, 0.6) is 5.75 Å². The molecule has 1 atom stereocenters. The molecule has 1 aromatic rings. The third-order valence-corrected chi connectivity index (χ3v) is 4.77. The Morgan fingerprint density at radius 3 is 2.40 bits per heavy atom. The molecule has 0 aliphatic carbocycles. The summed E-state index contributed by atoms with van der Waals surface area (Å²) in [5.41, 5.74) is 3.32. The van der Waals surface area contributed by atoms with Crippen molar-refractivity contribution in [3.05, 3.63) is 28.8 Å². The van der Waals surface area contributed by atoms with Gasteiger partial charge in [-0.15, -0.1) is 0 Å². The van der Waals surface area contributed by atoms with E-state index < -0.39 is 0 Å². The molecule has 0 saturated carbocycles. The van der Waals surface area contributed by atoms with Gasteiger partial charge in [0.15, 0.2) is 0 Å². The first-order valence-electron chi connectivity index (χ1n) is 7.99. The predicted octanol–water partition coefficient (Wildman–Crippen LogP) is 4.27. The summed E-state index contributed by atoms with van der Waals surface area (Å²) in [5, 5.41) is 9.86. The zero-order chi connectivity index (χ0) is 14.7. The fourth-order valence-corrected chi connectivity index (χ4v) is 3.40. The Kier molecular flexibility index (Phi) is 5.09. The first-order valence-corrected chi connectivity index (χ1v) is 7.99. The zero-order valence-electron chi connectivity index (χ0n) is 13.4. The van der Waals surface area contributed by atoms with Crippen LogP contribution in [0.1, 0.15) is 49.8 Å². The molecule has 1 fully saturated rings. The van der Waals surface area contributed by atoms with Gasteiger partial charge < -0.3 is 5.11 Å². The van der Waals surface area contributed by atoms with Crippen LogP contribution in [0.15, 0.2) is 12.1 Å². The van der Waals surface area contributed by atoms with E-state index in [1.54, 1.807) is 0 Å². The van der Waals surface area contributed by atoms with E-state index in [1.807, 2.05) is 13.8 Å². The highest BCUT2D eigenvalue weighted by Crippen LogP contribution is 2.27. The van der Waals surface area contributed by atoms with E-state index in [-0.39, 0.29) is 0 Å². The molecule has 1 aromatic carbocycles. The van der Waals surface area contributed by atoms with Crippen molar-refractivity contribution in [2.45, 2.75) is 53.5 Å². The lowest BCUT2D eigenvalue weighted by Crippen LogP contribution is -2.24. The number of likely N-dealkylation sites (tertiary alicyclic amines) is 1. The van der Waals surface area contributed by atoms with Gasteiger partial charge in [-0.25, -0.2) is 0 Å². The summed E-state index contributed by atoms with van der Waals surface area (Å²) in [7, 11) is 0. The molecule has 2 rings (SSSR count). The van der Waals surface area contributed by atoms with Gasteiger partial charge in [0.05, 0.1) is 0 Å². The Morgan fingerprint density at radius 1 is 1.15 bits per heavy atom. The molecule has 0 aromatic heterocycles. The number of aromatic hydroxyl groups is 1. The van der Waals surface area contributed by atoms with Crippen molar-refractivity contribution in [2.24, 2.45) is 11.8 Å². The summed E-state index contributed by atoms with van der Waals surface area (Å²) in [6, 6.07) is 4.26. The topological polar surface area (TPSA) is 23.5 Å². The van der Waals surface area contributed by atoms with Crippen LogP contribution < -0.4 is 0 Å². The largest absolute Gasteiger partial charge is 0.507 e. The minimum atomic E-state index is 0.449. The second-order valence-corrected chi connectivity index (χ2v) is 6.79. The molecule has 1 aliphatic heterocycles. The van der Waals surface area contributed by atoms with Gasteiger partial charge in [-0.05, 0) is 74.7 Å². The Morgan fingerprint density at radius 2 is 1.80 bits per heavy atom. The number of nitrogens with zero attached hydrogens (tertiary/aromatic N) is 1. The number of rotatable bonds is 3. The van der Waals surface area contributed by atoms with Crippen molar-refractivity contribution >= 4 is 0 Å². The zero-order valence-corrected chi connectivity index (χ0v) is 13.4. The van der Waals surface area contributed by atoms with Crippen molar-refractivity contribution < 1.29 is 5.11 Å². The third-order valence-electron chi connectivity index (χ3n) is 4.77. The molecule has 0 amide bonds. The van der Waals surface area contributed by atoms with E-state index >= 15 is 0 Å². The lowest BCUT2D eigenvalue weighted by atomic mass is 9.89. The monoisotopic (exact) mass is 275 g/mol. The van der Waals surface area contributed by atoms with E-state index in [9.17, 15) is 5.11 Å². The maximum absolute atomic E-state index is 9.86. The van der Waals surface area contributed by atoms with Gasteiger partial charge in [-0.2, -0.15) is 0 Å². The summed E-state index contributed by atoms with van der Waals surface area (Å²) >= 11 is 0. The van der Waals surface area contributed by atoms with E-state index in [0.29, 0.717) is 5.75 Å². The fourth-order valence-electron chi connectivity index (χ4n) is 3.40. The maximum Gasteiger partial charge on any atom is 0.121 e. The average Bonchev–Trinajstić information content (AvgIpc) is 2.61. The van der Waals surface area contributed by atoms with Crippen molar-refractivity contribution in [2.75, 3.05) is 13.1 Å². The first-order chi connectivity index (χ1) is 9.47. The molecule has 1 N–H and O–H groups in total. The fraction of sp³-hybridized carbons (Fsp3) is 0.667. The summed E-state index contributed by atoms with van der Waals surface area (Å²) in [4.78, 5) is 2.58. The summed E-state index contributed by atoms with van der Waals surface area (Å²) in [6.07, 6.45) is 4.02. The minimum absolute atomic E-state index is 0.449. The highest BCUT2D eigenvalue weighted by atomic mass is 16.3. The lowest BCUT2D eigenvalue weighted by molar-refractivity contribution is 0.264. The van der Waals surface area contributed by atoms with Crippen LogP contribution in [0.4, 0.5) is 0 Å². The van der Waals surface area contributed by atoms with E-state index in [2.05, 4.69) is 30.9 Å². The average molecular weight is 275 g/mol. The number of phenolic OH excluding ortho intramolecular Hbond substituents is 1. The third kappa shape index (κ3) is 3.76. The van der Waals surface area contributed by atoms with Crippen LogP contribution in [0, 0.1) is 25.7 Å². The molecule has 2 heteroatoms. The standard InChI is InChI=1S/C18H29NO/c1-13(2)17-6-5-8-19(9-7-17)12-16-10-14(3)18(20)15(4)11-16/h10-11,13,17,20H,5-9,12H2,1-4H3. The van der Waals surface area contributed by atoms with Crippen molar-refractivity contribution in [1.82, 2.24) is 4.90 Å². The van der Waals surface area contributed by atoms with Crippen LogP contribution in [-0.2, 0) is 6.54 Å². The van der Waals surface area contributed by atoms with E-state index in [4.69, 9.17) is 0 Å². The van der Waals surface area contributed by atoms with Gasteiger partial charge >= 0.3 is 0 Å². The first kappa shape index (κ1) is 15.4. The van der Waals surface area contributed by atoms with Crippen LogP contribution in [0.25, 0.3) is 0 Å². The Balaban J connectivity index is 2.00. The molecule has 0 spiro atoms. The van der Waals surface area contributed by atoms with Gasteiger partial charge in [0.1, 0.15) is 5.75 Å². The Bertz CT molecular complexity index is 430. The number of hydrogen-bond donors (Lipinski definition) is 1. The van der Waals surface area contributed by atoms with Gasteiger partial charge in [0.25, 0.3) is 0 Å². The second kappa shape index (κ2) is 6.62. The molecule has 1 heterocycles. The smallest absolute Gasteiger partial charge is 0.121 e. The Labute approximate surface area is 123 Å². The molecule has 0 radical (unpaired) electrons. The summed E-state index contributed by atoms with van der Waals surface area (Å²) < 4.78 is 0. The molecule has 20 heavy (non-hydrogen) atoms. The molecule has 1 unspecified atom stereocenters. The van der Waals surface area contributed by atoms with Gasteiger partial charge in [0, 0.05) is 6.54 Å². The lowest BCUT2D eigenvalue weighted by Gasteiger charge is -2.22. The molecule has 1 saturated heterocycles. The number of benzene rings is 1. The molecular weight excluding hydrogens is 246 g/mol. The van der Waals surface area contributed by atoms with Gasteiger partial charge in [-0.1, -0.05) is 26.0 Å². The van der Waals surface area contributed by atoms with Crippen LogP contribution in [0.2, 0.25) is 0 Å². The van der Waals surface area contributed by atoms with Crippen LogP contribution in [-0.4, -0.2) is 23.1 Å². The number of phenols is 1. The number of hydrogen-bond acceptors (Lipinski definition) is 2. The highest BCUT2D eigenvalue weighted by molar-refractivity contribution is 5.42. The SMILES string of the molecule is Cc1cc(CN2CCCC(C(C)C)CC2)cc(C)c1O. The highest BCUT2D eigenvalue weighted by Gasteiger charge is 2.19. The van der Waals surface area contributed by atoms with Crippen molar-refractivity contribution in [1.29, 1.82) is 0 Å². The van der Waals surface area contributed by atoms with Gasteiger partial charge in [-0.3, -0.25) is 4.90 Å². The maximum atomic E-state index is 9.86. The minimum Gasteiger partial charge on any atom is -0.507 e. The van der Waals surface area contributed by atoms with Crippen molar-refractivity contribution in [3.63, 3.8) is 0 Å². The van der Waals surface area contributed by atoms with Crippen LogP contribution in [0.3, 0.4) is 0 Å². The molecule has 112 valence electrons. The molecule has 2 nitrogen and oxygen atoms in total. The van der Waals surface area contributed by atoms with E-state index in [1.165, 1.54) is 37.9 Å². The normalized spacial score (nSPS) is 21.1. The molecule has 1 aliphatic rings. The number of aryl methyl sites for hydroxylation is 2. The molecule has 0 bridgehead atoms. The van der Waals surface area contributed by atoms with Gasteiger partial charge in [0.2, 0.25) is 0 Å². The predicted molar refractivity (Wildman–Crippen MR) is 85.0 cm³/mol. The van der Waals surface area contributed by atoms with E-state index in [0.717, 1.165) is 29.5 Å². The molecular formula is C18H29NO.